The van der Waals surface area contributed by atoms with E-state index in [0.717, 1.165) is 11.1 Å². The molecule has 0 saturated heterocycles. The first-order valence-corrected chi connectivity index (χ1v) is 7.69. The molecule has 0 atom stereocenters. The van der Waals surface area contributed by atoms with Crippen LogP contribution in [0.4, 0.5) is 0 Å². The number of hydrogen-bond acceptors (Lipinski definition) is 3. The Bertz CT molecular complexity index is 607. The van der Waals surface area contributed by atoms with Crippen LogP contribution in [0.25, 0.3) is 11.1 Å². The van der Waals surface area contributed by atoms with E-state index in [1.54, 1.807) is 0 Å². The van der Waals surface area contributed by atoms with Crippen LogP contribution < -0.4 is 5.32 Å². The van der Waals surface area contributed by atoms with Gasteiger partial charge in [0.1, 0.15) is 0 Å². The summed E-state index contributed by atoms with van der Waals surface area (Å²) in [6.07, 6.45) is 1.39. The second kappa shape index (κ2) is 7.59. The SMILES string of the molecule is O=C(O)CCCCNC(=O)c1sccc1-c1ccccc1. The first-order valence-electron chi connectivity index (χ1n) is 6.81. The van der Waals surface area contributed by atoms with Crippen molar-refractivity contribution < 1.29 is 14.7 Å². The fraction of sp³-hybridized carbons (Fsp3) is 0.250. The molecule has 0 saturated carbocycles. The van der Waals surface area contributed by atoms with E-state index in [1.807, 2.05) is 41.8 Å². The minimum atomic E-state index is -0.800. The van der Waals surface area contributed by atoms with Crippen LogP contribution in [0.5, 0.6) is 0 Å². The highest BCUT2D eigenvalue weighted by molar-refractivity contribution is 7.12. The topological polar surface area (TPSA) is 66.4 Å². The highest BCUT2D eigenvalue weighted by Gasteiger charge is 2.13. The fourth-order valence-electron chi connectivity index (χ4n) is 2.01. The van der Waals surface area contributed by atoms with Crippen LogP contribution >= 0.6 is 11.3 Å². The Balaban J connectivity index is 1.92. The van der Waals surface area contributed by atoms with E-state index in [4.69, 9.17) is 5.11 Å². The highest BCUT2D eigenvalue weighted by Crippen LogP contribution is 2.27. The molecule has 0 aliphatic heterocycles. The number of carbonyl (C=O) groups is 2. The molecule has 0 bridgehead atoms. The molecule has 0 spiro atoms. The van der Waals surface area contributed by atoms with Crippen LogP contribution in [0.1, 0.15) is 28.9 Å². The van der Waals surface area contributed by atoms with E-state index in [1.165, 1.54) is 11.3 Å². The van der Waals surface area contributed by atoms with Crippen LogP contribution in [0.3, 0.4) is 0 Å². The standard InChI is InChI=1S/C16H17NO3S/c18-14(19)8-4-5-10-17-16(20)15-13(9-11-21-15)12-6-2-1-3-7-12/h1-3,6-7,9,11H,4-5,8,10H2,(H,17,20)(H,18,19). The van der Waals surface area contributed by atoms with Gasteiger partial charge in [-0.15, -0.1) is 11.3 Å². The van der Waals surface area contributed by atoms with Gasteiger partial charge in [0.2, 0.25) is 0 Å². The molecule has 1 heterocycles. The van der Waals surface area contributed by atoms with Gasteiger partial charge in [-0.05, 0) is 29.9 Å². The van der Waals surface area contributed by atoms with Gasteiger partial charge >= 0.3 is 5.97 Å². The van der Waals surface area contributed by atoms with Crippen molar-refractivity contribution in [1.82, 2.24) is 5.32 Å². The molecule has 110 valence electrons. The maximum Gasteiger partial charge on any atom is 0.303 e. The first kappa shape index (κ1) is 15.3. The van der Waals surface area contributed by atoms with E-state index >= 15 is 0 Å². The number of carboxylic acid groups (broad SMARTS) is 1. The predicted octanol–water partition coefficient (Wildman–Crippen LogP) is 3.40. The van der Waals surface area contributed by atoms with Crippen LogP contribution in [-0.2, 0) is 4.79 Å². The Labute approximate surface area is 127 Å². The zero-order valence-corrected chi connectivity index (χ0v) is 12.4. The number of thiophene rings is 1. The maximum absolute atomic E-state index is 12.2. The molecule has 0 radical (unpaired) electrons. The van der Waals surface area contributed by atoms with E-state index in [-0.39, 0.29) is 12.3 Å². The minimum absolute atomic E-state index is 0.0980. The third-order valence-electron chi connectivity index (χ3n) is 3.06. The molecule has 2 N–H and O–H groups in total. The average Bonchev–Trinajstić information content (AvgIpc) is 2.97. The van der Waals surface area contributed by atoms with Crippen molar-refractivity contribution in [3.8, 4) is 11.1 Å². The van der Waals surface area contributed by atoms with Crippen LogP contribution in [-0.4, -0.2) is 23.5 Å². The summed E-state index contributed by atoms with van der Waals surface area (Å²) in [6, 6.07) is 11.7. The summed E-state index contributed by atoms with van der Waals surface area (Å²) in [5, 5.41) is 13.3. The monoisotopic (exact) mass is 303 g/mol. The molecular weight excluding hydrogens is 286 g/mol. The molecule has 5 heteroatoms. The normalized spacial score (nSPS) is 10.3. The summed E-state index contributed by atoms with van der Waals surface area (Å²) in [4.78, 5) is 23.3. The van der Waals surface area contributed by atoms with E-state index < -0.39 is 5.97 Å². The fourth-order valence-corrected chi connectivity index (χ4v) is 2.85. The second-order valence-corrected chi connectivity index (χ2v) is 5.55. The lowest BCUT2D eigenvalue weighted by molar-refractivity contribution is -0.137. The molecule has 1 aromatic heterocycles. The van der Waals surface area contributed by atoms with Gasteiger partial charge in [0.15, 0.2) is 0 Å². The van der Waals surface area contributed by atoms with E-state index in [2.05, 4.69) is 5.32 Å². The van der Waals surface area contributed by atoms with Crippen molar-refractivity contribution in [2.24, 2.45) is 0 Å². The summed E-state index contributed by atoms with van der Waals surface area (Å²) in [5.41, 5.74) is 1.96. The molecule has 0 aliphatic carbocycles. The van der Waals surface area contributed by atoms with Crippen molar-refractivity contribution in [3.63, 3.8) is 0 Å². The van der Waals surface area contributed by atoms with Gasteiger partial charge < -0.3 is 10.4 Å². The van der Waals surface area contributed by atoms with Crippen molar-refractivity contribution in [1.29, 1.82) is 0 Å². The molecule has 4 nitrogen and oxygen atoms in total. The number of carboxylic acids is 1. The quantitative estimate of drug-likeness (QED) is 0.770. The van der Waals surface area contributed by atoms with Gasteiger partial charge in [-0.25, -0.2) is 0 Å². The third kappa shape index (κ3) is 4.43. The summed E-state index contributed by atoms with van der Waals surface area (Å²) >= 11 is 1.42. The molecule has 0 unspecified atom stereocenters. The Morgan fingerprint density at radius 3 is 2.57 bits per heavy atom. The van der Waals surface area contributed by atoms with Gasteiger partial charge in [0, 0.05) is 18.5 Å². The number of unbranched alkanes of at least 4 members (excludes halogenated alkanes) is 1. The molecule has 0 fully saturated rings. The zero-order chi connectivity index (χ0) is 15.1. The Kier molecular flexibility index (Phi) is 5.51. The Hall–Kier alpha value is -2.14. The van der Waals surface area contributed by atoms with Crippen LogP contribution in [0.2, 0.25) is 0 Å². The van der Waals surface area contributed by atoms with Gasteiger partial charge in [0.05, 0.1) is 4.88 Å². The molecule has 21 heavy (non-hydrogen) atoms. The van der Waals surface area contributed by atoms with Gasteiger partial charge in [0.25, 0.3) is 5.91 Å². The van der Waals surface area contributed by atoms with Gasteiger partial charge in [-0.2, -0.15) is 0 Å². The molecule has 1 amide bonds. The average molecular weight is 303 g/mol. The zero-order valence-electron chi connectivity index (χ0n) is 11.5. The molecule has 2 rings (SSSR count). The first-order chi connectivity index (χ1) is 10.2. The number of amides is 1. The molecule has 1 aromatic carbocycles. The summed E-state index contributed by atoms with van der Waals surface area (Å²) in [6.45, 7) is 0.498. The molecular formula is C16H17NO3S. The number of benzene rings is 1. The minimum Gasteiger partial charge on any atom is -0.481 e. The van der Waals surface area contributed by atoms with Gasteiger partial charge in [-0.3, -0.25) is 9.59 Å². The molecule has 2 aromatic rings. The summed E-state index contributed by atoms with van der Waals surface area (Å²) in [5.74, 6) is -0.898. The number of aliphatic carboxylic acids is 1. The maximum atomic E-state index is 12.2. The van der Waals surface area contributed by atoms with Crippen molar-refractivity contribution in [2.45, 2.75) is 19.3 Å². The largest absolute Gasteiger partial charge is 0.481 e. The summed E-state index contributed by atoms with van der Waals surface area (Å²) in [7, 11) is 0. The lowest BCUT2D eigenvalue weighted by Gasteiger charge is -2.06. The van der Waals surface area contributed by atoms with Gasteiger partial charge in [-0.1, -0.05) is 30.3 Å². The highest BCUT2D eigenvalue weighted by atomic mass is 32.1. The van der Waals surface area contributed by atoms with E-state index in [0.29, 0.717) is 24.3 Å². The lowest BCUT2D eigenvalue weighted by atomic mass is 10.1. The second-order valence-electron chi connectivity index (χ2n) is 4.64. The third-order valence-corrected chi connectivity index (χ3v) is 3.97. The van der Waals surface area contributed by atoms with Crippen molar-refractivity contribution in [2.75, 3.05) is 6.54 Å². The number of hydrogen-bond donors (Lipinski definition) is 2. The van der Waals surface area contributed by atoms with Crippen molar-refractivity contribution in [3.05, 3.63) is 46.7 Å². The Morgan fingerprint density at radius 2 is 1.86 bits per heavy atom. The number of carbonyl (C=O) groups excluding carboxylic acids is 1. The van der Waals surface area contributed by atoms with Crippen LogP contribution in [0.15, 0.2) is 41.8 Å². The predicted molar refractivity (Wildman–Crippen MR) is 83.6 cm³/mol. The number of rotatable bonds is 7. The van der Waals surface area contributed by atoms with Crippen molar-refractivity contribution >= 4 is 23.2 Å². The smallest absolute Gasteiger partial charge is 0.303 e. The Morgan fingerprint density at radius 1 is 1.10 bits per heavy atom. The lowest BCUT2D eigenvalue weighted by Crippen LogP contribution is -2.24. The van der Waals surface area contributed by atoms with Crippen LogP contribution in [0, 0.1) is 0 Å². The molecule has 0 aliphatic rings. The summed E-state index contributed by atoms with van der Waals surface area (Å²) < 4.78 is 0. The number of nitrogens with one attached hydrogen (secondary N) is 1. The van der Waals surface area contributed by atoms with E-state index in [9.17, 15) is 9.59 Å².